The summed E-state index contributed by atoms with van der Waals surface area (Å²) in [5.74, 6) is -4.25. The van der Waals surface area contributed by atoms with Crippen molar-refractivity contribution >= 4 is 11.8 Å². The molecule has 0 radical (unpaired) electrons. The summed E-state index contributed by atoms with van der Waals surface area (Å²) >= 11 is 0. The number of hydrogen-bond donors (Lipinski definition) is 0. The van der Waals surface area contributed by atoms with Crippen molar-refractivity contribution < 1.29 is 27.5 Å². The van der Waals surface area contributed by atoms with Crippen LogP contribution in [0.25, 0.3) is 0 Å². The molecule has 1 saturated carbocycles. The number of esters is 1. The molecule has 0 N–H and O–H groups in total. The highest BCUT2D eigenvalue weighted by molar-refractivity contribution is 5.82. The van der Waals surface area contributed by atoms with Crippen molar-refractivity contribution in [1.29, 1.82) is 0 Å². The standard InChI is InChI=1S/C12H17F3O3/c1-2-18-11(17)7-9(12(13,14)15)8-5-3-4-6-10(8)16/h8-9H,2-7H2,1H3/t8-,9-/m1/s1. The summed E-state index contributed by atoms with van der Waals surface area (Å²) in [5.41, 5.74) is 0. The van der Waals surface area contributed by atoms with Crippen molar-refractivity contribution in [3.05, 3.63) is 0 Å². The Bertz CT molecular complexity index is 312. The molecular formula is C12H17F3O3. The first-order valence-electron chi connectivity index (χ1n) is 6.11. The number of alkyl halides is 3. The first-order chi connectivity index (χ1) is 8.36. The van der Waals surface area contributed by atoms with Crippen LogP contribution in [0.1, 0.15) is 39.0 Å². The Labute approximate surface area is 104 Å². The maximum atomic E-state index is 12.9. The van der Waals surface area contributed by atoms with Crippen molar-refractivity contribution in [2.75, 3.05) is 6.61 Å². The SMILES string of the molecule is CCOC(=O)C[C@H]([C@H]1CCCCC1=O)C(F)(F)F. The summed E-state index contributed by atoms with van der Waals surface area (Å²) in [7, 11) is 0. The number of ketones is 1. The zero-order valence-electron chi connectivity index (χ0n) is 10.3. The van der Waals surface area contributed by atoms with Crippen LogP contribution >= 0.6 is 0 Å². The molecule has 1 rings (SSSR count). The first kappa shape index (κ1) is 15.0. The van der Waals surface area contributed by atoms with Gasteiger partial charge in [0.15, 0.2) is 0 Å². The van der Waals surface area contributed by atoms with Crippen LogP contribution in [-0.4, -0.2) is 24.5 Å². The highest BCUT2D eigenvalue weighted by atomic mass is 19.4. The number of Topliss-reactive ketones (excluding diaryl/α,β-unsaturated/α-hetero) is 1. The van der Waals surface area contributed by atoms with E-state index in [1.54, 1.807) is 0 Å². The predicted molar refractivity (Wildman–Crippen MR) is 57.8 cm³/mol. The van der Waals surface area contributed by atoms with Crippen molar-refractivity contribution in [1.82, 2.24) is 0 Å². The van der Waals surface area contributed by atoms with E-state index >= 15 is 0 Å². The van der Waals surface area contributed by atoms with E-state index in [9.17, 15) is 22.8 Å². The van der Waals surface area contributed by atoms with Gasteiger partial charge in [-0.05, 0) is 19.8 Å². The predicted octanol–water partition coefficient (Wildman–Crippen LogP) is 2.88. The summed E-state index contributed by atoms with van der Waals surface area (Å²) < 4.78 is 43.3. The van der Waals surface area contributed by atoms with E-state index in [2.05, 4.69) is 4.74 Å². The molecule has 18 heavy (non-hydrogen) atoms. The Kier molecular flexibility index (Phi) is 5.16. The molecule has 0 aromatic heterocycles. The van der Waals surface area contributed by atoms with E-state index in [0.29, 0.717) is 12.8 Å². The van der Waals surface area contributed by atoms with Gasteiger partial charge in [0.25, 0.3) is 0 Å². The second-order valence-corrected chi connectivity index (χ2v) is 4.48. The number of carbonyl (C=O) groups excluding carboxylic acids is 2. The quantitative estimate of drug-likeness (QED) is 0.735. The molecule has 2 atom stereocenters. The topological polar surface area (TPSA) is 43.4 Å². The average Bonchev–Trinajstić information content (AvgIpc) is 2.26. The molecule has 6 heteroatoms. The summed E-state index contributed by atoms with van der Waals surface area (Å²) in [5, 5.41) is 0. The molecule has 0 unspecified atom stereocenters. The van der Waals surface area contributed by atoms with Gasteiger partial charge in [0, 0.05) is 12.3 Å². The Morgan fingerprint density at radius 1 is 1.44 bits per heavy atom. The summed E-state index contributed by atoms with van der Waals surface area (Å²) in [6, 6.07) is 0. The molecule has 104 valence electrons. The largest absolute Gasteiger partial charge is 0.466 e. The second-order valence-electron chi connectivity index (χ2n) is 4.48. The number of hydrogen-bond acceptors (Lipinski definition) is 3. The van der Waals surface area contributed by atoms with E-state index in [1.165, 1.54) is 6.92 Å². The third-order valence-electron chi connectivity index (χ3n) is 3.20. The molecule has 0 amide bonds. The highest BCUT2D eigenvalue weighted by Gasteiger charge is 2.48. The Hall–Kier alpha value is -1.07. The van der Waals surface area contributed by atoms with Gasteiger partial charge in [-0.2, -0.15) is 13.2 Å². The minimum Gasteiger partial charge on any atom is -0.466 e. The van der Waals surface area contributed by atoms with Crippen molar-refractivity contribution in [2.24, 2.45) is 11.8 Å². The van der Waals surface area contributed by atoms with Gasteiger partial charge in [0.2, 0.25) is 0 Å². The molecule has 0 spiro atoms. The summed E-state index contributed by atoms with van der Waals surface area (Å²) in [4.78, 5) is 22.8. The van der Waals surface area contributed by atoms with Crippen molar-refractivity contribution in [3.63, 3.8) is 0 Å². The number of rotatable bonds is 4. The van der Waals surface area contributed by atoms with Gasteiger partial charge in [0.1, 0.15) is 5.78 Å². The molecule has 0 aromatic rings. The van der Waals surface area contributed by atoms with Crippen LogP contribution in [0, 0.1) is 11.8 Å². The minimum absolute atomic E-state index is 0.0437. The number of ether oxygens (including phenoxy) is 1. The van der Waals surface area contributed by atoms with Crippen LogP contribution in [0.15, 0.2) is 0 Å². The number of carbonyl (C=O) groups is 2. The lowest BCUT2D eigenvalue weighted by Gasteiger charge is -2.30. The smallest absolute Gasteiger partial charge is 0.393 e. The fraction of sp³-hybridized carbons (Fsp3) is 0.833. The molecule has 0 heterocycles. The van der Waals surface area contributed by atoms with Gasteiger partial charge in [0.05, 0.1) is 18.9 Å². The molecular weight excluding hydrogens is 249 g/mol. The van der Waals surface area contributed by atoms with E-state index < -0.39 is 30.4 Å². The Balaban J connectivity index is 2.77. The zero-order chi connectivity index (χ0) is 13.8. The zero-order valence-corrected chi connectivity index (χ0v) is 10.3. The fourth-order valence-corrected chi connectivity index (χ4v) is 2.32. The molecule has 1 aliphatic rings. The van der Waals surface area contributed by atoms with Crippen LogP contribution in [0.4, 0.5) is 13.2 Å². The summed E-state index contributed by atoms with van der Waals surface area (Å²) in [6.07, 6.45) is -3.66. The maximum absolute atomic E-state index is 12.9. The minimum atomic E-state index is -4.54. The highest BCUT2D eigenvalue weighted by Crippen LogP contribution is 2.40. The van der Waals surface area contributed by atoms with E-state index in [1.807, 2.05) is 0 Å². The van der Waals surface area contributed by atoms with Crippen LogP contribution < -0.4 is 0 Å². The van der Waals surface area contributed by atoms with Gasteiger partial charge < -0.3 is 4.74 Å². The molecule has 0 aromatic carbocycles. The summed E-state index contributed by atoms with van der Waals surface area (Å²) in [6.45, 7) is 1.58. The average molecular weight is 266 g/mol. The van der Waals surface area contributed by atoms with Gasteiger partial charge in [-0.15, -0.1) is 0 Å². The molecule has 0 bridgehead atoms. The van der Waals surface area contributed by atoms with E-state index in [0.717, 1.165) is 0 Å². The molecule has 1 fully saturated rings. The Morgan fingerprint density at radius 3 is 2.61 bits per heavy atom. The third-order valence-corrected chi connectivity index (χ3v) is 3.20. The van der Waals surface area contributed by atoms with Crippen LogP contribution in [0.3, 0.4) is 0 Å². The molecule has 1 aliphatic carbocycles. The third kappa shape index (κ3) is 3.99. The van der Waals surface area contributed by atoms with Gasteiger partial charge in [-0.25, -0.2) is 0 Å². The van der Waals surface area contributed by atoms with Crippen molar-refractivity contribution in [3.8, 4) is 0 Å². The lowest BCUT2D eigenvalue weighted by molar-refractivity contribution is -0.199. The van der Waals surface area contributed by atoms with Gasteiger partial charge in [-0.3, -0.25) is 9.59 Å². The van der Waals surface area contributed by atoms with E-state index in [4.69, 9.17) is 0 Å². The fourth-order valence-electron chi connectivity index (χ4n) is 2.32. The monoisotopic (exact) mass is 266 g/mol. The number of halogens is 3. The lowest BCUT2D eigenvalue weighted by atomic mass is 9.77. The molecule has 0 aliphatic heterocycles. The van der Waals surface area contributed by atoms with Gasteiger partial charge in [-0.1, -0.05) is 6.42 Å². The lowest BCUT2D eigenvalue weighted by Crippen LogP contribution is -2.38. The van der Waals surface area contributed by atoms with E-state index in [-0.39, 0.29) is 25.2 Å². The second kappa shape index (κ2) is 6.20. The van der Waals surface area contributed by atoms with Crippen LogP contribution in [0.5, 0.6) is 0 Å². The first-order valence-corrected chi connectivity index (χ1v) is 6.11. The van der Waals surface area contributed by atoms with Crippen LogP contribution in [-0.2, 0) is 14.3 Å². The maximum Gasteiger partial charge on any atom is 0.393 e. The van der Waals surface area contributed by atoms with Crippen molar-refractivity contribution in [2.45, 2.75) is 45.2 Å². The van der Waals surface area contributed by atoms with Crippen LogP contribution in [0.2, 0.25) is 0 Å². The molecule has 0 saturated heterocycles. The Morgan fingerprint density at radius 2 is 2.11 bits per heavy atom. The molecule has 3 nitrogen and oxygen atoms in total. The normalized spacial score (nSPS) is 22.7. The van der Waals surface area contributed by atoms with Gasteiger partial charge >= 0.3 is 12.1 Å².